The fourth-order valence-electron chi connectivity index (χ4n) is 4.18. The van der Waals surface area contributed by atoms with Crippen LogP contribution in [-0.4, -0.2) is 76.2 Å². The smallest absolute Gasteiger partial charge is 0.254 e. The Morgan fingerprint density at radius 3 is 2.48 bits per heavy atom. The van der Waals surface area contributed by atoms with Crippen LogP contribution in [0.1, 0.15) is 28.8 Å². The third-order valence-electron chi connectivity index (χ3n) is 6.00. The number of methoxy groups -OCH3 is 1. The van der Waals surface area contributed by atoms with E-state index in [1.807, 2.05) is 24.3 Å². The van der Waals surface area contributed by atoms with Gasteiger partial charge in [0.1, 0.15) is 5.75 Å². The van der Waals surface area contributed by atoms with Crippen molar-refractivity contribution in [2.24, 2.45) is 0 Å². The Labute approximate surface area is 195 Å². The van der Waals surface area contributed by atoms with Gasteiger partial charge in [-0.1, -0.05) is 18.2 Å². The highest BCUT2D eigenvalue weighted by Crippen LogP contribution is 2.24. The molecule has 1 unspecified atom stereocenters. The maximum absolute atomic E-state index is 13.5. The maximum atomic E-state index is 13.5. The first kappa shape index (κ1) is 23.7. The molecule has 4 rings (SSSR count). The van der Waals surface area contributed by atoms with Crippen LogP contribution in [0.15, 0.2) is 53.4 Å². The summed E-state index contributed by atoms with van der Waals surface area (Å²) in [5.41, 5.74) is 1.33. The summed E-state index contributed by atoms with van der Waals surface area (Å²) >= 11 is 0. The molecule has 0 radical (unpaired) electrons. The molecule has 2 heterocycles. The second kappa shape index (κ2) is 10.6. The van der Waals surface area contributed by atoms with Crippen LogP contribution in [0, 0.1) is 0 Å². The third-order valence-corrected chi connectivity index (χ3v) is 7.91. The number of nitrogens with zero attached hydrogens (tertiary/aromatic N) is 2. The van der Waals surface area contributed by atoms with Crippen molar-refractivity contribution in [3.05, 3.63) is 59.7 Å². The van der Waals surface area contributed by atoms with E-state index in [0.29, 0.717) is 51.6 Å². The van der Waals surface area contributed by atoms with Gasteiger partial charge in [0, 0.05) is 43.9 Å². The zero-order chi connectivity index (χ0) is 23.3. The summed E-state index contributed by atoms with van der Waals surface area (Å²) in [6, 6.07) is 13.8. The van der Waals surface area contributed by atoms with Crippen molar-refractivity contribution >= 4 is 15.9 Å². The van der Waals surface area contributed by atoms with E-state index >= 15 is 0 Å². The minimum absolute atomic E-state index is 0.00960. The number of hydrogen-bond donors (Lipinski definition) is 0. The number of ether oxygens (including phenoxy) is 3. The fourth-order valence-corrected chi connectivity index (χ4v) is 5.59. The lowest BCUT2D eigenvalue weighted by Crippen LogP contribution is -2.40. The molecule has 1 atom stereocenters. The maximum Gasteiger partial charge on any atom is 0.254 e. The van der Waals surface area contributed by atoms with Crippen molar-refractivity contribution in [2.75, 3.05) is 46.6 Å². The van der Waals surface area contributed by atoms with Crippen molar-refractivity contribution in [2.45, 2.75) is 30.4 Å². The second-order valence-corrected chi connectivity index (χ2v) is 10.1. The van der Waals surface area contributed by atoms with Gasteiger partial charge in [0.25, 0.3) is 5.91 Å². The van der Waals surface area contributed by atoms with Crippen molar-refractivity contribution in [1.29, 1.82) is 0 Å². The molecule has 2 aromatic rings. The number of para-hydroxylation sites is 1. The molecule has 0 N–H and O–H groups in total. The minimum Gasteiger partial charge on any atom is -0.496 e. The molecule has 2 aliphatic heterocycles. The average Bonchev–Trinajstić information content (AvgIpc) is 3.37. The van der Waals surface area contributed by atoms with Crippen LogP contribution in [0.3, 0.4) is 0 Å². The number of hydrogen-bond acceptors (Lipinski definition) is 6. The fraction of sp³-hybridized carbons (Fsp3) is 0.458. The number of carbonyl (C=O) groups excluding carboxylic acids is 1. The molecule has 2 saturated heterocycles. The molecule has 8 nitrogen and oxygen atoms in total. The molecule has 0 aliphatic carbocycles. The summed E-state index contributed by atoms with van der Waals surface area (Å²) in [4.78, 5) is 15.4. The molecule has 2 aliphatic rings. The van der Waals surface area contributed by atoms with E-state index in [4.69, 9.17) is 14.2 Å². The summed E-state index contributed by atoms with van der Waals surface area (Å²) < 4.78 is 43.7. The highest BCUT2D eigenvalue weighted by Gasteiger charge is 2.28. The Morgan fingerprint density at radius 1 is 1.09 bits per heavy atom. The highest BCUT2D eigenvalue weighted by atomic mass is 32.2. The van der Waals surface area contributed by atoms with Crippen LogP contribution in [0.5, 0.6) is 5.75 Å². The van der Waals surface area contributed by atoms with Crippen LogP contribution in [0.4, 0.5) is 0 Å². The number of morpholine rings is 1. The third kappa shape index (κ3) is 5.55. The Bertz CT molecular complexity index is 1040. The molecule has 178 valence electrons. The molecule has 0 spiro atoms. The van der Waals surface area contributed by atoms with Crippen molar-refractivity contribution in [3.8, 4) is 5.75 Å². The first-order chi connectivity index (χ1) is 16.0. The van der Waals surface area contributed by atoms with Gasteiger partial charge in [-0.05, 0) is 43.2 Å². The van der Waals surface area contributed by atoms with Gasteiger partial charge >= 0.3 is 0 Å². The van der Waals surface area contributed by atoms with Gasteiger partial charge in [-0.2, -0.15) is 4.31 Å². The summed E-state index contributed by atoms with van der Waals surface area (Å²) in [6.07, 6.45) is 1.88. The molecule has 1 amide bonds. The van der Waals surface area contributed by atoms with Crippen LogP contribution in [0.2, 0.25) is 0 Å². The zero-order valence-electron chi connectivity index (χ0n) is 18.8. The van der Waals surface area contributed by atoms with Crippen LogP contribution in [0.25, 0.3) is 0 Å². The van der Waals surface area contributed by atoms with E-state index < -0.39 is 10.0 Å². The highest BCUT2D eigenvalue weighted by molar-refractivity contribution is 7.89. The summed E-state index contributed by atoms with van der Waals surface area (Å²) in [6.45, 7) is 2.97. The zero-order valence-corrected chi connectivity index (χ0v) is 19.6. The molecule has 2 fully saturated rings. The molecule has 0 bridgehead atoms. The standard InChI is InChI=1S/C24H30N2O6S/c1-30-23-7-3-2-5-20(23)17-25(18-21-6-4-14-32-21)24(27)19-8-10-22(11-9-19)33(28,29)26-12-15-31-16-13-26/h2-3,5,7-11,21H,4,6,12-18H2,1H3. The lowest BCUT2D eigenvalue weighted by Gasteiger charge is -2.27. The van der Waals surface area contributed by atoms with E-state index in [2.05, 4.69) is 0 Å². The van der Waals surface area contributed by atoms with E-state index in [1.165, 1.54) is 16.4 Å². The molecule has 0 aromatic heterocycles. The normalized spacial score (nSPS) is 19.4. The van der Waals surface area contributed by atoms with E-state index in [9.17, 15) is 13.2 Å². The summed E-state index contributed by atoms with van der Waals surface area (Å²) in [5.74, 6) is 0.543. The average molecular weight is 475 g/mol. The van der Waals surface area contributed by atoms with Crippen molar-refractivity contribution < 1.29 is 27.4 Å². The first-order valence-electron chi connectivity index (χ1n) is 11.2. The van der Waals surface area contributed by atoms with Gasteiger partial charge in [-0.3, -0.25) is 4.79 Å². The monoisotopic (exact) mass is 474 g/mol. The first-order valence-corrected chi connectivity index (χ1v) is 12.6. The van der Waals surface area contributed by atoms with E-state index in [1.54, 1.807) is 24.1 Å². The SMILES string of the molecule is COc1ccccc1CN(CC1CCCO1)C(=O)c1ccc(S(=O)(=O)N2CCOCC2)cc1. The number of carbonyl (C=O) groups is 1. The Kier molecular flexibility index (Phi) is 7.64. The quantitative estimate of drug-likeness (QED) is 0.585. The Hall–Kier alpha value is -2.46. The van der Waals surface area contributed by atoms with E-state index in [0.717, 1.165) is 24.2 Å². The molecule has 0 saturated carbocycles. The van der Waals surface area contributed by atoms with Crippen molar-refractivity contribution in [1.82, 2.24) is 9.21 Å². The molecule has 2 aromatic carbocycles. The van der Waals surface area contributed by atoms with Gasteiger partial charge in [-0.15, -0.1) is 0 Å². The summed E-state index contributed by atoms with van der Waals surface area (Å²) in [7, 11) is -2.00. The van der Waals surface area contributed by atoms with Gasteiger partial charge in [-0.25, -0.2) is 8.42 Å². The molecule has 9 heteroatoms. The Balaban J connectivity index is 1.54. The number of rotatable bonds is 8. The number of amides is 1. The second-order valence-electron chi connectivity index (χ2n) is 8.17. The van der Waals surface area contributed by atoms with Crippen molar-refractivity contribution in [3.63, 3.8) is 0 Å². The van der Waals surface area contributed by atoms with Gasteiger partial charge in [0.05, 0.1) is 31.3 Å². The van der Waals surface area contributed by atoms with Crippen LogP contribution in [-0.2, 0) is 26.0 Å². The molecular formula is C24H30N2O6S. The van der Waals surface area contributed by atoms with Crippen LogP contribution >= 0.6 is 0 Å². The Morgan fingerprint density at radius 2 is 1.82 bits per heavy atom. The van der Waals surface area contributed by atoms with Gasteiger partial charge < -0.3 is 19.1 Å². The lowest BCUT2D eigenvalue weighted by molar-refractivity contribution is 0.0505. The predicted molar refractivity (Wildman–Crippen MR) is 123 cm³/mol. The van der Waals surface area contributed by atoms with Gasteiger partial charge in [0.15, 0.2) is 0 Å². The minimum atomic E-state index is -3.61. The lowest BCUT2D eigenvalue weighted by atomic mass is 10.1. The topological polar surface area (TPSA) is 85.4 Å². The van der Waals surface area contributed by atoms with Crippen LogP contribution < -0.4 is 4.74 Å². The molecular weight excluding hydrogens is 444 g/mol. The largest absolute Gasteiger partial charge is 0.496 e. The number of sulfonamides is 1. The predicted octanol–water partition coefficient (Wildman–Crippen LogP) is 2.54. The van der Waals surface area contributed by atoms with Gasteiger partial charge in [0.2, 0.25) is 10.0 Å². The summed E-state index contributed by atoms with van der Waals surface area (Å²) in [5, 5.41) is 0. The number of benzene rings is 2. The molecule has 33 heavy (non-hydrogen) atoms. The van der Waals surface area contributed by atoms with E-state index in [-0.39, 0.29) is 16.9 Å².